The van der Waals surface area contributed by atoms with Crippen molar-refractivity contribution < 1.29 is 4.79 Å². The molecule has 2 N–H and O–H groups in total. The molecule has 2 rings (SSSR count). The van der Waals surface area contributed by atoms with Gasteiger partial charge in [0.1, 0.15) is 0 Å². The van der Waals surface area contributed by atoms with Crippen LogP contribution in [0.4, 0.5) is 5.69 Å². The van der Waals surface area contributed by atoms with Crippen LogP contribution in [-0.4, -0.2) is 32.8 Å². The summed E-state index contributed by atoms with van der Waals surface area (Å²) in [5.74, 6) is -0.0812. The van der Waals surface area contributed by atoms with Gasteiger partial charge in [-0.2, -0.15) is 5.10 Å². The number of nitrogens with one attached hydrogen (secondary N) is 2. The Balaban J connectivity index is 2.08. The van der Waals surface area contributed by atoms with E-state index in [1.54, 1.807) is 12.4 Å². The largest absolute Gasteiger partial charge is 0.324 e. The highest BCUT2D eigenvalue weighted by atomic mass is 16.1. The quantitative estimate of drug-likeness (QED) is 0.906. The predicted molar refractivity (Wildman–Crippen MR) is 84.3 cm³/mol. The molecule has 2 aromatic heterocycles. The van der Waals surface area contributed by atoms with Crippen molar-refractivity contribution in [2.75, 3.05) is 11.9 Å². The third-order valence-electron chi connectivity index (χ3n) is 2.99. The Labute approximate surface area is 124 Å². The zero-order valence-corrected chi connectivity index (χ0v) is 13.3. The molecule has 6 nitrogen and oxygen atoms in total. The van der Waals surface area contributed by atoms with Crippen molar-refractivity contribution in [1.82, 2.24) is 20.1 Å². The normalized spacial score (nSPS) is 12.1. The zero-order valence-electron chi connectivity index (χ0n) is 13.3. The van der Waals surface area contributed by atoms with Gasteiger partial charge in [-0.15, -0.1) is 0 Å². The molecular weight excluding hydrogens is 266 g/mol. The summed E-state index contributed by atoms with van der Waals surface area (Å²) in [5.41, 5.74) is 1.43. The van der Waals surface area contributed by atoms with Crippen molar-refractivity contribution in [3.05, 3.63) is 18.5 Å². The fraction of sp³-hybridized carbons (Fsp3) is 0.533. The number of carbonyl (C=O) groups excluding carboxylic acids is 1. The first-order valence-corrected chi connectivity index (χ1v) is 7.14. The summed E-state index contributed by atoms with van der Waals surface area (Å²) in [5, 5.41) is 11.2. The second-order valence-electron chi connectivity index (χ2n) is 6.47. The standard InChI is InChI=1S/C15H23N5O/c1-10(2)20-14-11(7-18-20)6-12(8-16-14)19-13(21)9-17-15(3,4)5/h6-8,10,17H,9H2,1-5H3,(H,19,21). The number of anilines is 1. The molecule has 0 fully saturated rings. The lowest BCUT2D eigenvalue weighted by Gasteiger charge is -2.19. The summed E-state index contributed by atoms with van der Waals surface area (Å²) in [6.07, 6.45) is 3.43. The van der Waals surface area contributed by atoms with Gasteiger partial charge in [0.2, 0.25) is 5.91 Å². The molecule has 0 unspecified atom stereocenters. The number of hydrogen-bond acceptors (Lipinski definition) is 4. The molecule has 0 atom stereocenters. The van der Waals surface area contributed by atoms with Crippen molar-refractivity contribution in [3.63, 3.8) is 0 Å². The van der Waals surface area contributed by atoms with Gasteiger partial charge in [0.15, 0.2) is 5.65 Å². The van der Waals surface area contributed by atoms with Crippen LogP contribution in [0.25, 0.3) is 11.0 Å². The average molecular weight is 289 g/mol. The molecule has 21 heavy (non-hydrogen) atoms. The van der Waals surface area contributed by atoms with Crippen molar-refractivity contribution >= 4 is 22.6 Å². The minimum absolute atomic E-state index is 0.0812. The van der Waals surface area contributed by atoms with Gasteiger partial charge >= 0.3 is 0 Å². The van der Waals surface area contributed by atoms with E-state index in [4.69, 9.17) is 0 Å². The molecule has 0 saturated heterocycles. The van der Waals surface area contributed by atoms with E-state index in [0.717, 1.165) is 11.0 Å². The highest BCUT2D eigenvalue weighted by Gasteiger charge is 2.12. The Morgan fingerprint density at radius 2 is 2.05 bits per heavy atom. The van der Waals surface area contributed by atoms with E-state index in [9.17, 15) is 4.79 Å². The Bertz CT molecular complexity index is 639. The number of hydrogen-bond donors (Lipinski definition) is 2. The molecule has 0 aromatic carbocycles. The molecule has 114 valence electrons. The van der Waals surface area contributed by atoms with Gasteiger partial charge in [0, 0.05) is 17.0 Å². The lowest BCUT2D eigenvalue weighted by Crippen LogP contribution is -2.41. The van der Waals surface area contributed by atoms with Crippen LogP contribution in [0.3, 0.4) is 0 Å². The first-order chi connectivity index (χ1) is 9.76. The van der Waals surface area contributed by atoms with Crippen LogP contribution in [0.2, 0.25) is 0 Å². The minimum Gasteiger partial charge on any atom is -0.324 e. The first kappa shape index (κ1) is 15.4. The van der Waals surface area contributed by atoms with Crippen LogP contribution in [0.5, 0.6) is 0 Å². The summed E-state index contributed by atoms with van der Waals surface area (Å²) in [6, 6.07) is 2.15. The van der Waals surface area contributed by atoms with Gasteiger partial charge in [-0.05, 0) is 40.7 Å². The fourth-order valence-electron chi connectivity index (χ4n) is 1.94. The average Bonchev–Trinajstić information content (AvgIpc) is 2.78. The topological polar surface area (TPSA) is 71.8 Å². The van der Waals surface area contributed by atoms with Crippen molar-refractivity contribution in [3.8, 4) is 0 Å². The number of aromatic nitrogens is 3. The number of fused-ring (bicyclic) bond motifs is 1. The molecule has 2 aromatic rings. The summed E-state index contributed by atoms with van der Waals surface area (Å²) >= 11 is 0. The van der Waals surface area contributed by atoms with Gasteiger partial charge in [-0.3, -0.25) is 4.79 Å². The molecule has 1 amide bonds. The monoisotopic (exact) mass is 289 g/mol. The van der Waals surface area contributed by atoms with Gasteiger partial charge in [-0.1, -0.05) is 0 Å². The Morgan fingerprint density at radius 1 is 1.33 bits per heavy atom. The Kier molecular flexibility index (Phi) is 4.27. The maximum atomic E-state index is 11.9. The van der Waals surface area contributed by atoms with Crippen LogP contribution in [0, 0.1) is 0 Å². The maximum absolute atomic E-state index is 11.9. The van der Waals surface area contributed by atoms with Gasteiger partial charge in [-0.25, -0.2) is 9.67 Å². The highest BCUT2D eigenvalue weighted by molar-refractivity contribution is 5.93. The van der Waals surface area contributed by atoms with Gasteiger partial charge in [0.05, 0.1) is 24.6 Å². The Hall–Kier alpha value is -1.95. The predicted octanol–water partition coefficient (Wildman–Crippen LogP) is 2.34. The molecule has 0 aliphatic heterocycles. The van der Waals surface area contributed by atoms with E-state index in [1.807, 2.05) is 31.5 Å². The second kappa shape index (κ2) is 5.81. The second-order valence-corrected chi connectivity index (χ2v) is 6.47. The van der Waals surface area contributed by atoms with Crippen molar-refractivity contribution in [2.45, 2.75) is 46.2 Å². The molecular formula is C15H23N5O. The van der Waals surface area contributed by atoms with Crippen molar-refractivity contribution in [2.24, 2.45) is 0 Å². The number of nitrogens with zero attached hydrogens (tertiary/aromatic N) is 3. The van der Waals surface area contributed by atoms with Crippen molar-refractivity contribution in [1.29, 1.82) is 0 Å². The lowest BCUT2D eigenvalue weighted by atomic mass is 10.1. The molecule has 0 bridgehead atoms. The number of pyridine rings is 1. The SMILES string of the molecule is CC(C)n1ncc2cc(NC(=O)CNC(C)(C)C)cnc21. The smallest absolute Gasteiger partial charge is 0.238 e. The maximum Gasteiger partial charge on any atom is 0.238 e. The fourth-order valence-corrected chi connectivity index (χ4v) is 1.94. The van der Waals surface area contributed by atoms with Crippen LogP contribution < -0.4 is 10.6 Å². The highest BCUT2D eigenvalue weighted by Crippen LogP contribution is 2.18. The minimum atomic E-state index is -0.0854. The van der Waals surface area contributed by atoms with E-state index >= 15 is 0 Å². The van der Waals surface area contributed by atoms with E-state index < -0.39 is 0 Å². The molecule has 0 radical (unpaired) electrons. The first-order valence-electron chi connectivity index (χ1n) is 7.14. The zero-order chi connectivity index (χ0) is 15.6. The molecule has 0 aliphatic carbocycles. The van der Waals surface area contributed by atoms with Crippen LogP contribution in [0.1, 0.15) is 40.7 Å². The summed E-state index contributed by atoms with van der Waals surface area (Å²) in [4.78, 5) is 16.3. The third kappa shape index (κ3) is 4.01. The molecule has 0 aliphatic rings. The number of carbonyl (C=O) groups is 1. The lowest BCUT2D eigenvalue weighted by molar-refractivity contribution is -0.115. The van der Waals surface area contributed by atoms with Gasteiger partial charge < -0.3 is 10.6 Å². The molecule has 6 heteroatoms. The van der Waals surface area contributed by atoms with E-state index in [-0.39, 0.29) is 24.0 Å². The summed E-state index contributed by atoms with van der Waals surface area (Å²) in [7, 11) is 0. The van der Waals surface area contributed by atoms with E-state index in [1.165, 1.54) is 0 Å². The molecule has 0 saturated carbocycles. The number of amides is 1. The Morgan fingerprint density at radius 3 is 2.67 bits per heavy atom. The third-order valence-corrected chi connectivity index (χ3v) is 2.99. The van der Waals surface area contributed by atoms with Crippen LogP contribution >= 0.6 is 0 Å². The number of rotatable bonds is 4. The summed E-state index contributed by atoms with van der Waals surface area (Å²) < 4.78 is 1.86. The van der Waals surface area contributed by atoms with Crippen LogP contribution in [-0.2, 0) is 4.79 Å². The van der Waals surface area contributed by atoms with Gasteiger partial charge in [0.25, 0.3) is 0 Å². The van der Waals surface area contributed by atoms with Crippen LogP contribution in [0.15, 0.2) is 18.5 Å². The molecule has 0 spiro atoms. The summed E-state index contributed by atoms with van der Waals surface area (Å²) in [6.45, 7) is 10.5. The van der Waals surface area contributed by atoms with E-state index in [2.05, 4.69) is 34.6 Å². The molecule has 2 heterocycles. The van der Waals surface area contributed by atoms with E-state index in [0.29, 0.717) is 5.69 Å².